The highest BCUT2D eigenvalue weighted by Gasteiger charge is 2.63. The van der Waals surface area contributed by atoms with Crippen LogP contribution < -0.4 is 0 Å². The first-order valence-corrected chi connectivity index (χ1v) is 9.72. The molecule has 0 aromatic heterocycles. The van der Waals surface area contributed by atoms with Crippen LogP contribution in [0.25, 0.3) is 0 Å². The second-order valence-corrected chi connectivity index (χ2v) is 10.2. The topological polar surface area (TPSA) is 57.6 Å². The van der Waals surface area contributed by atoms with Gasteiger partial charge in [-0.15, -0.1) is 0 Å². The molecule has 134 valence electrons. The molecule has 0 aromatic carbocycles. The van der Waals surface area contributed by atoms with E-state index in [-0.39, 0.29) is 17.8 Å². The fraction of sp³-hybridized carbons (Fsp3) is 0.900. The minimum absolute atomic E-state index is 0.109. The van der Waals surface area contributed by atoms with Gasteiger partial charge in [-0.05, 0) is 74.0 Å². The SMILES string of the molecule is CC12CC3CC(C)(C1)CC(C(=O)N1CCC(CC(=O)O)CC1)(C3)C2. The summed E-state index contributed by atoms with van der Waals surface area (Å²) in [6, 6.07) is 0. The van der Waals surface area contributed by atoms with Crippen LogP contribution in [0.15, 0.2) is 0 Å². The molecule has 24 heavy (non-hydrogen) atoms. The third kappa shape index (κ3) is 2.66. The van der Waals surface area contributed by atoms with Gasteiger partial charge >= 0.3 is 5.97 Å². The van der Waals surface area contributed by atoms with Crippen molar-refractivity contribution in [1.82, 2.24) is 4.90 Å². The zero-order valence-electron chi connectivity index (χ0n) is 15.1. The number of carbonyl (C=O) groups is 2. The molecule has 5 fully saturated rings. The highest BCUT2D eigenvalue weighted by atomic mass is 16.4. The van der Waals surface area contributed by atoms with Gasteiger partial charge in [0, 0.05) is 19.5 Å². The average Bonchev–Trinajstić information content (AvgIpc) is 2.43. The van der Waals surface area contributed by atoms with E-state index < -0.39 is 5.97 Å². The Labute approximate surface area is 145 Å². The van der Waals surface area contributed by atoms with Gasteiger partial charge in [0.25, 0.3) is 0 Å². The predicted molar refractivity (Wildman–Crippen MR) is 91.4 cm³/mol. The summed E-state index contributed by atoms with van der Waals surface area (Å²) in [7, 11) is 0. The Morgan fingerprint density at radius 3 is 2.08 bits per heavy atom. The van der Waals surface area contributed by atoms with Crippen molar-refractivity contribution in [2.45, 2.75) is 71.6 Å². The van der Waals surface area contributed by atoms with Crippen LogP contribution >= 0.6 is 0 Å². The fourth-order valence-corrected chi connectivity index (χ4v) is 7.61. The molecule has 1 amide bonds. The largest absolute Gasteiger partial charge is 0.481 e. The number of carboxylic acids is 1. The molecule has 4 aliphatic carbocycles. The first-order chi connectivity index (χ1) is 11.2. The maximum atomic E-state index is 13.5. The van der Waals surface area contributed by atoms with E-state index >= 15 is 0 Å². The first-order valence-electron chi connectivity index (χ1n) is 9.72. The van der Waals surface area contributed by atoms with Crippen molar-refractivity contribution < 1.29 is 14.7 Å². The van der Waals surface area contributed by atoms with Crippen molar-refractivity contribution in [1.29, 1.82) is 0 Å². The van der Waals surface area contributed by atoms with Gasteiger partial charge in [-0.2, -0.15) is 0 Å². The van der Waals surface area contributed by atoms with E-state index in [9.17, 15) is 9.59 Å². The van der Waals surface area contributed by atoms with Crippen LogP contribution in [0, 0.1) is 28.1 Å². The average molecular weight is 333 g/mol. The minimum Gasteiger partial charge on any atom is -0.481 e. The van der Waals surface area contributed by atoms with Crippen molar-refractivity contribution in [2.75, 3.05) is 13.1 Å². The molecule has 4 saturated carbocycles. The second kappa shape index (κ2) is 5.22. The summed E-state index contributed by atoms with van der Waals surface area (Å²) in [4.78, 5) is 26.5. The normalized spacial score (nSPS) is 44.8. The second-order valence-electron chi connectivity index (χ2n) is 10.2. The summed E-state index contributed by atoms with van der Waals surface area (Å²) in [6.07, 6.45) is 9.17. The molecule has 5 rings (SSSR count). The number of amides is 1. The van der Waals surface area contributed by atoms with E-state index in [1.165, 1.54) is 19.3 Å². The van der Waals surface area contributed by atoms with Gasteiger partial charge in [-0.25, -0.2) is 0 Å². The highest BCUT2D eigenvalue weighted by Crippen LogP contribution is 2.69. The van der Waals surface area contributed by atoms with Crippen LogP contribution in [0.5, 0.6) is 0 Å². The maximum absolute atomic E-state index is 13.5. The van der Waals surface area contributed by atoms with E-state index in [0.717, 1.165) is 51.1 Å². The molecule has 2 unspecified atom stereocenters. The van der Waals surface area contributed by atoms with Crippen LogP contribution in [0.3, 0.4) is 0 Å². The Bertz CT molecular complexity index is 545. The van der Waals surface area contributed by atoms with E-state index in [0.29, 0.717) is 16.7 Å². The molecule has 0 radical (unpaired) electrons. The highest BCUT2D eigenvalue weighted by molar-refractivity contribution is 5.83. The lowest BCUT2D eigenvalue weighted by Crippen LogP contribution is -2.61. The predicted octanol–water partition coefficient (Wildman–Crippen LogP) is 3.70. The van der Waals surface area contributed by atoms with Gasteiger partial charge in [-0.1, -0.05) is 13.8 Å². The summed E-state index contributed by atoms with van der Waals surface area (Å²) in [5.74, 6) is 0.683. The number of carbonyl (C=O) groups excluding carboxylic acids is 1. The number of piperidine rings is 1. The van der Waals surface area contributed by atoms with Crippen molar-refractivity contribution in [3.63, 3.8) is 0 Å². The summed E-state index contributed by atoms with van der Waals surface area (Å²) >= 11 is 0. The van der Waals surface area contributed by atoms with Crippen LogP contribution in [-0.2, 0) is 9.59 Å². The van der Waals surface area contributed by atoms with Gasteiger partial charge < -0.3 is 10.0 Å². The Balaban J connectivity index is 1.48. The van der Waals surface area contributed by atoms with Gasteiger partial charge in [-0.3, -0.25) is 9.59 Å². The van der Waals surface area contributed by atoms with Crippen molar-refractivity contribution in [3.8, 4) is 0 Å². The quantitative estimate of drug-likeness (QED) is 0.857. The Hall–Kier alpha value is -1.06. The Morgan fingerprint density at radius 1 is 1.00 bits per heavy atom. The van der Waals surface area contributed by atoms with Crippen molar-refractivity contribution in [3.05, 3.63) is 0 Å². The summed E-state index contributed by atoms with van der Waals surface area (Å²) < 4.78 is 0. The summed E-state index contributed by atoms with van der Waals surface area (Å²) in [6.45, 7) is 6.35. The maximum Gasteiger partial charge on any atom is 0.303 e. The van der Waals surface area contributed by atoms with E-state index in [2.05, 4.69) is 18.7 Å². The minimum atomic E-state index is -0.707. The number of hydrogen-bond acceptors (Lipinski definition) is 2. The number of rotatable bonds is 3. The fourth-order valence-electron chi connectivity index (χ4n) is 7.61. The van der Waals surface area contributed by atoms with Gasteiger partial charge in [0.15, 0.2) is 0 Å². The smallest absolute Gasteiger partial charge is 0.303 e. The zero-order chi connectivity index (χ0) is 17.2. The van der Waals surface area contributed by atoms with E-state index in [1.54, 1.807) is 0 Å². The molecular formula is C20H31NO3. The summed E-state index contributed by atoms with van der Waals surface area (Å²) in [5, 5.41) is 8.97. The standard InChI is InChI=1S/C20H31NO3/c1-18-8-15-9-19(2,11-18)13-20(10-15,12-18)17(24)21-5-3-14(4-6-21)7-16(22)23/h14-15H,3-13H2,1-2H3,(H,22,23). The lowest BCUT2D eigenvalue weighted by molar-refractivity contribution is -0.180. The lowest BCUT2D eigenvalue weighted by atomic mass is 9.40. The zero-order valence-corrected chi connectivity index (χ0v) is 15.1. The van der Waals surface area contributed by atoms with Crippen LogP contribution in [0.4, 0.5) is 0 Å². The Kier molecular flexibility index (Phi) is 3.57. The monoisotopic (exact) mass is 333 g/mol. The molecule has 1 aliphatic heterocycles. The molecule has 4 bridgehead atoms. The molecular weight excluding hydrogens is 302 g/mol. The molecule has 2 atom stereocenters. The van der Waals surface area contributed by atoms with Crippen LogP contribution in [0.2, 0.25) is 0 Å². The lowest BCUT2D eigenvalue weighted by Gasteiger charge is -2.65. The summed E-state index contributed by atoms with van der Waals surface area (Å²) in [5.41, 5.74) is 0.624. The third-order valence-electron chi connectivity index (χ3n) is 7.44. The molecule has 0 spiro atoms. The molecule has 4 nitrogen and oxygen atoms in total. The number of nitrogens with zero attached hydrogens (tertiary/aromatic N) is 1. The molecule has 1 heterocycles. The van der Waals surface area contributed by atoms with E-state index in [1.807, 2.05) is 0 Å². The van der Waals surface area contributed by atoms with E-state index in [4.69, 9.17) is 5.11 Å². The molecule has 4 heteroatoms. The van der Waals surface area contributed by atoms with Crippen LogP contribution in [0.1, 0.15) is 71.6 Å². The van der Waals surface area contributed by atoms with Crippen molar-refractivity contribution >= 4 is 11.9 Å². The molecule has 5 aliphatic rings. The number of carboxylic acid groups (broad SMARTS) is 1. The van der Waals surface area contributed by atoms with Gasteiger partial charge in [0.05, 0.1) is 5.41 Å². The first kappa shape index (κ1) is 16.4. The molecule has 0 aromatic rings. The van der Waals surface area contributed by atoms with Gasteiger partial charge in [0.1, 0.15) is 0 Å². The Morgan fingerprint density at radius 2 is 1.58 bits per heavy atom. The molecule has 1 N–H and O–H groups in total. The number of hydrogen-bond donors (Lipinski definition) is 1. The van der Waals surface area contributed by atoms with Gasteiger partial charge in [0.2, 0.25) is 5.91 Å². The number of likely N-dealkylation sites (tertiary alicyclic amines) is 1. The third-order valence-corrected chi connectivity index (χ3v) is 7.44. The molecule has 1 saturated heterocycles. The van der Waals surface area contributed by atoms with Crippen LogP contribution in [-0.4, -0.2) is 35.0 Å². The van der Waals surface area contributed by atoms with Crippen molar-refractivity contribution in [2.24, 2.45) is 28.1 Å². The number of aliphatic carboxylic acids is 1.